The monoisotopic (exact) mass is 252 g/mol. The maximum Gasteiger partial charge on any atom is 0.260 e. The van der Waals surface area contributed by atoms with E-state index in [9.17, 15) is 9.18 Å². The Morgan fingerprint density at radius 2 is 2.33 bits per heavy atom. The van der Waals surface area contributed by atoms with E-state index < -0.39 is 5.82 Å². The number of methoxy groups -OCH3 is 1. The number of carbonyl (C=O) groups excluding carboxylic acids is 1. The molecule has 1 atom stereocenters. The van der Waals surface area contributed by atoms with Crippen LogP contribution in [0.2, 0.25) is 0 Å². The van der Waals surface area contributed by atoms with E-state index in [1.54, 1.807) is 11.0 Å². The van der Waals surface area contributed by atoms with Crippen LogP contribution in [0, 0.1) is 5.82 Å². The minimum Gasteiger partial charge on any atom is -0.496 e. The molecule has 0 radical (unpaired) electrons. The molecule has 1 heterocycles. The van der Waals surface area contributed by atoms with Crippen LogP contribution in [0.15, 0.2) is 18.2 Å². The van der Waals surface area contributed by atoms with Crippen molar-refractivity contribution in [2.45, 2.75) is 13.0 Å². The minimum atomic E-state index is -0.537. The molecule has 0 aliphatic carbocycles. The number of hydrogen-bond acceptors (Lipinski definition) is 3. The smallest absolute Gasteiger partial charge is 0.260 e. The molecule has 1 aromatic carbocycles. The van der Waals surface area contributed by atoms with Crippen molar-refractivity contribution in [3.8, 4) is 5.75 Å². The number of halogens is 1. The average molecular weight is 252 g/mol. The van der Waals surface area contributed by atoms with Gasteiger partial charge in [0.2, 0.25) is 0 Å². The van der Waals surface area contributed by atoms with E-state index in [1.165, 1.54) is 19.2 Å². The number of ether oxygens (including phenoxy) is 1. The number of rotatable bonds is 2. The van der Waals surface area contributed by atoms with Crippen LogP contribution in [0.4, 0.5) is 4.39 Å². The first-order valence-corrected chi connectivity index (χ1v) is 5.98. The Bertz CT molecular complexity index is 451. The highest BCUT2D eigenvalue weighted by atomic mass is 19.1. The topological polar surface area (TPSA) is 41.6 Å². The zero-order chi connectivity index (χ0) is 13.1. The van der Waals surface area contributed by atoms with Gasteiger partial charge in [-0.3, -0.25) is 4.79 Å². The van der Waals surface area contributed by atoms with Crippen LogP contribution in [0.3, 0.4) is 0 Å². The maximum atomic E-state index is 13.8. The van der Waals surface area contributed by atoms with Crippen molar-refractivity contribution in [2.24, 2.45) is 0 Å². The predicted octanol–water partition coefficient (Wildman–Crippen LogP) is 1.27. The van der Waals surface area contributed by atoms with E-state index in [0.717, 1.165) is 6.54 Å². The highest BCUT2D eigenvalue weighted by molar-refractivity contribution is 5.97. The number of amides is 1. The van der Waals surface area contributed by atoms with Gasteiger partial charge in [-0.1, -0.05) is 6.07 Å². The number of piperazine rings is 1. The SMILES string of the molecule is COc1cccc(F)c1C(=O)N1CCN[C@@H](C)C1. The normalized spacial score (nSPS) is 19.7. The standard InChI is InChI=1S/C13H17FN2O2/c1-9-8-16(7-6-15-9)13(17)12-10(14)4-3-5-11(12)18-2/h3-5,9,15H,6-8H2,1-2H3/t9-/m0/s1. The van der Waals surface area contributed by atoms with Gasteiger partial charge in [0.1, 0.15) is 17.1 Å². The molecule has 1 N–H and O–H groups in total. The fourth-order valence-electron chi connectivity index (χ4n) is 2.16. The molecule has 0 aromatic heterocycles. The summed E-state index contributed by atoms with van der Waals surface area (Å²) in [5.74, 6) is -0.560. The van der Waals surface area contributed by atoms with Gasteiger partial charge < -0.3 is 15.0 Å². The Labute approximate surface area is 106 Å². The summed E-state index contributed by atoms with van der Waals surface area (Å²) in [5, 5.41) is 3.24. The number of nitrogens with one attached hydrogen (secondary N) is 1. The van der Waals surface area contributed by atoms with Gasteiger partial charge in [-0.2, -0.15) is 0 Å². The van der Waals surface area contributed by atoms with Crippen molar-refractivity contribution in [3.05, 3.63) is 29.6 Å². The van der Waals surface area contributed by atoms with E-state index in [2.05, 4.69) is 5.32 Å². The molecule has 1 saturated heterocycles. The predicted molar refractivity (Wildman–Crippen MR) is 66.3 cm³/mol. The molecule has 1 fully saturated rings. The third-order valence-corrected chi connectivity index (χ3v) is 3.07. The van der Waals surface area contributed by atoms with Crippen molar-refractivity contribution in [2.75, 3.05) is 26.7 Å². The summed E-state index contributed by atoms with van der Waals surface area (Å²) in [7, 11) is 1.44. The van der Waals surface area contributed by atoms with Crippen LogP contribution in [0.25, 0.3) is 0 Å². The lowest BCUT2D eigenvalue weighted by Gasteiger charge is -2.32. The Morgan fingerprint density at radius 3 is 3.00 bits per heavy atom. The molecule has 2 rings (SSSR count). The van der Waals surface area contributed by atoms with E-state index >= 15 is 0 Å². The van der Waals surface area contributed by atoms with Crippen LogP contribution in [0.1, 0.15) is 17.3 Å². The lowest BCUT2D eigenvalue weighted by atomic mass is 10.1. The van der Waals surface area contributed by atoms with Crippen LogP contribution in [-0.4, -0.2) is 43.6 Å². The number of nitrogens with zero attached hydrogens (tertiary/aromatic N) is 1. The third kappa shape index (κ3) is 2.46. The molecular weight excluding hydrogens is 235 g/mol. The van der Waals surface area contributed by atoms with Crippen molar-refractivity contribution >= 4 is 5.91 Å². The number of carbonyl (C=O) groups is 1. The first kappa shape index (κ1) is 12.8. The molecule has 5 heteroatoms. The lowest BCUT2D eigenvalue weighted by molar-refractivity contribution is 0.0700. The molecule has 1 aromatic rings. The van der Waals surface area contributed by atoms with Crippen molar-refractivity contribution in [3.63, 3.8) is 0 Å². The van der Waals surface area contributed by atoms with Gasteiger partial charge in [-0.05, 0) is 19.1 Å². The van der Waals surface area contributed by atoms with E-state index in [4.69, 9.17) is 4.74 Å². The molecule has 18 heavy (non-hydrogen) atoms. The van der Waals surface area contributed by atoms with Crippen molar-refractivity contribution in [1.29, 1.82) is 0 Å². The van der Waals surface area contributed by atoms with Crippen LogP contribution in [-0.2, 0) is 0 Å². The molecule has 0 spiro atoms. The van der Waals surface area contributed by atoms with Gasteiger partial charge in [0.25, 0.3) is 5.91 Å². The van der Waals surface area contributed by atoms with Crippen LogP contribution >= 0.6 is 0 Å². The minimum absolute atomic E-state index is 0.0223. The first-order chi connectivity index (χ1) is 8.63. The summed E-state index contributed by atoms with van der Waals surface area (Å²) >= 11 is 0. The van der Waals surface area contributed by atoms with Gasteiger partial charge >= 0.3 is 0 Å². The molecule has 4 nitrogen and oxygen atoms in total. The zero-order valence-corrected chi connectivity index (χ0v) is 10.6. The quantitative estimate of drug-likeness (QED) is 0.861. The molecule has 98 valence electrons. The summed E-state index contributed by atoms with van der Waals surface area (Å²) < 4.78 is 18.9. The summed E-state index contributed by atoms with van der Waals surface area (Å²) in [6, 6.07) is 4.63. The van der Waals surface area contributed by atoms with E-state index in [-0.39, 0.29) is 23.3 Å². The van der Waals surface area contributed by atoms with Gasteiger partial charge in [0, 0.05) is 25.7 Å². The van der Waals surface area contributed by atoms with Gasteiger partial charge in [0.15, 0.2) is 0 Å². The van der Waals surface area contributed by atoms with Crippen molar-refractivity contribution in [1.82, 2.24) is 10.2 Å². The van der Waals surface area contributed by atoms with Crippen LogP contribution < -0.4 is 10.1 Å². The lowest BCUT2D eigenvalue weighted by Crippen LogP contribution is -2.51. The molecule has 0 saturated carbocycles. The first-order valence-electron chi connectivity index (χ1n) is 5.98. The molecule has 0 bridgehead atoms. The fourth-order valence-corrected chi connectivity index (χ4v) is 2.16. The molecular formula is C13H17FN2O2. The maximum absolute atomic E-state index is 13.8. The second-order valence-corrected chi connectivity index (χ2v) is 4.42. The second-order valence-electron chi connectivity index (χ2n) is 4.42. The van der Waals surface area contributed by atoms with Crippen LogP contribution in [0.5, 0.6) is 5.75 Å². The number of benzene rings is 1. The Kier molecular flexibility index (Phi) is 3.81. The van der Waals surface area contributed by atoms with Gasteiger partial charge in [-0.25, -0.2) is 4.39 Å². The highest BCUT2D eigenvalue weighted by Gasteiger charge is 2.26. The summed E-state index contributed by atoms with van der Waals surface area (Å²) in [6.45, 7) is 3.89. The van der Waals surface area contributed by atoms with Gasteiger partial charge in [-0.15, -0.1) is 0 Å². The summed E-state index contributed by atoms with van der Waals surface area (Å²) in [5.41, 5.74) is 0.0223. The van der Waals surface area contributed by atoms with Gasteiger partial charge in [0.05, 0.1) is 7.11 Å². The Balaban J connectivity index is 2.28. The average Bonchev–Trinajstić information content (AvgIpc) is 2.37. The molecule has 1 amide bonds. The third-order valence-electron chi connectivity index (χ3n) is 3.07. The summed E-state index contributed by atoms with van der Waals surface area (Å²) in [4.78, 5) is 14.0. The molecule has 1 aliphatic heterocycles. The second kappa shape index (κ2) is 5.35. The number of hydrogen-bond donors (Lipinski definition) is 1. The zero-order valence-electron chi connectivity index (χ0n) is 10.6. The fraction of sp³-hybridized carbons (Fsp3) is 0.462. The van der Waals surface area contributed by atoms with E-state index in [1.807, 2.05) is 6.92 Å². The molecule has 1 aliphatic rings. The summed E-state index contributed by atoms with van der Waals surface area (Å²) in [6.07, 6.45) is 0. The van der Waals surface area contributed by atoms with Crippen molar-refractivity contribution < 1.29 is 13.9 Å². The Morgan fingerprint density at radius 1 is 1.56 bits per heavy atom. The Hall–Kier alpha value is -1.62. The van der Waals surface area contributed by atoms with E-state index in [0.29, 0.717) is 13.1 Å². The largest absolute Gasteiger partial charge is 0.496 e. The highest BCUT2D eigenvalue weighted by Crippen LogP contribution is 2.23. The molecule has 0 unspecified atom stereocenters.